The Morgan fingerprint density at radius 1 is 1.22 bits per heavy atom. The summed E-state index contributed by atoms with van der Waals surface area (Å²) in [7, 11) is 0. The molecule has 8 heteroatoms. The third-order valence-electron chi connectivity index (χ3n) is 1.96. The number of carboxylic acids is 1. The summed E-state index contributed by atoms with van der Waals surface area (Å²) in [5.74, 6) is -13.7. The molecule has 0 saturated heterocycles. The maximum atomic E-state index is 13.0. The van der Waals surface area contributed by atoms with Crippen LogP contribution in [0.4, 0.5) is 17.6 Å². The van der Waals surface area contributed by atoms with Gasteiger partial charge >= 0.3 is 17.8 Å². The number of ether oxygens (including phenoxy) is 1. The van der Waals surface area contributed by atoms with Crippen molar-refractivity contribution in [3.63, 3.8) is 0 Å². The summed E-state index contributed by atoms with van der Waals surface area (Å²) in [6.45, 7) is -0.0497. The Hall–Kier alpha value is -1.60. The van der Waals surface area contributed by atoms with Crippen molar-refractivity contribution >= 4 is 11.9 Å². The molecule has 0 aromatic rings. The third kappa shape index (κ3) is 4.34. The Kier molecular flexibility index (Phi) is 5.31. The van der Waals surface area contributed by atoms with Crippen molar-refractivity contribution in [1.29, 1.82) is 0 Å². The molecule has 0 radical (unpaired) electrons. The van der Waals surface area contributed by atoms with Crippen LogP contribution in [0.5, 0.6) is 0 Å². The van der Waals surface area contributed by atoms with Crippen LogP contribution in [0.2, 0.25) is 0 Å². The van der Waals surface area contributed by atoms with Gasteiger partial charge in [-0.15, -0.1) is 0 Å². The first-order valence-corrected chi connectivity index (χ1v) is 4.82. The second-order valence-electron chi connectivity index (χ2n) is 3.74. The number of carbonyl (C=O) groups is 2. The molecule has 0 rings (SSSR count). The van der Waals surface area contributed by atoms with E-state index in [-0.39, 0.29) is 6.08 Å². The van der Waals surface area contributed by atoms with Crippen LogP contribution in [0.15, 0.2) is 12.2 Å². The Labute approximate surface area is 100 Å². The molecule has 4 nitrogen and oxygen atoms in total. The second-order valence-corrected chi connectivity index (χ2v) is 3.74. The highest BCUT2D eigenvalue weighted by Gasteiger charge is 2.58. The fraction of sp³-hybridized carbons (Fsp3) is 0.600. The van der Waals surface area contributed by atoms with E-state index in [2.05, 4.69) is 4.74 Å². The lowest BCUT2D eigenvalue weighted by Crippen LogP contribution is -2.48. The number of esters is 1. The standard InChI is InChI=1S/C10H12F4O4/c1-6(2)10(13,14)9(11,12)5-18-8(17)4-3-7(15)16/h3-4,6H,5H2,1-2H3,(H,15,16)/p-1. The van der Waals surface area contributed by atoms with Crippen molar-refractivity contribution in [3.8, 4) is 0 Å². The van der Waals surface area contributed by atoms with Crippen LogP contribution in [0, 0.1) is 5.92 Å². The van der Waals surface area contributed by atoms with E-state index >= 15 is 0 Å². The number of carbonyl (C=O) groups excluding carboxylic acids is 2. The summed E-state index contributed by atoms with van der Waals surface area (Å²) in [6.07, 6.45) is 0.528. The van der Waals surface area contributed by atoms with E-state index in [9.17, 15) is 32.3 Å². The molecule has 0 aromatic heterocycles. The van der Waals surface area contributed by atoms with Gasteiger partial charge in [0.2, 0.25) is 0 Å². The van der Waals surface area contributed by atoms with Crippen molar-refractivity contribution in [2.45, 2.75) is 25.7 Å². The van der Waals surface area contributed by atoms with Gasteiger partial charge < -0.3 is 14.6 Å². The van der Waals surface area contributed by atoms with Crippen LogP contribution in [0.25, 0.3) is 0 Å². The van der Waals surface area contributed by atoms with Gasteiger partial charge in [0.25, 0.3) is 0 Å². The summed E-state index contributed by atoms with van der Waals surface area (Å²) < 4.78 is 56.0. The summed E-state index contributed by atoms with van der Waals surface area (Å²) in [5.41, 5.74) is 0. The smallest absolute Gasteiger partial charge is 0.343 e. The summed E-state index contributed by atoms with van der Waals surface area (Å²) in [4.78, 5) is 20.6. The molecule has 0 aliphatic rings. The van der Waals surface area contributed by atoms with Crippen molar-refractivity contribution in [2.75, 3.05) is 6.61 Å². The number of aliphatic carboxylic acids is 1. The van der Waals surface area contributed by atoms with Crippen molar-refractivity contribution in [2.24, 2.45) is 5.92 Å². The average molecular weight is 271 g/mol. The van der Waals surface area contributed by atoms with Gasteiger partial charge in [0.15, 0.2) is 6.61 Å². The van der Waals surface area contributed by atoms with E-state index in [1.165, 1.54) is 0 Å². The van der Waals surface area contributed by atoms with Gasteiger partial charge in [0.05, 0.1) is 5.97 Å². The summed E-state index contributed by atoms with van der Waals surface area (Å²) in [5, 5.41) is 9.88. The Morgan fingerprint density at radius 3 is 2.11 bits per heavy atom. The Bertz CT molecular complexity index is 350. The van der Waals surface area contributed by atoms with E-state index in [4.69, 9.17) is 0 Å². The van der Waals surface area contributed by atoms with Gasteiger partial charge in [0, 0.05) is 12.0 Å². The minimum absolute atomic E-state index is 0.237. The predicted octanol–water partition coefficient (Wildman–Crippen LogP) is 0.762. The number of hydrogen-bond donors (Lipinski definition) is 0. The van der Waals surface area contributed by atoms with Gasteiger partial charge in [0.1, 0.15) is 0 Å². The van der Waals surface area contributed by atoms with Crippen molar-refractivity contribution < 1.29 is 37.0 Å². The van der Waals surface area contributed by atoms with Crippen LogP contribution >= 0.6 is 0 Å². The fourth-order valence-electron chi connectivity index (χ4n) is 0.865. The molecule has 0 saturated carbocycles. The minimum atomic E-state index is -4.54. The Balaban J connectivity index is 4.53. The molecule has 0 bridgehead atoms. The van der Waals surface area contributed by atoms with Gasteiger partial charge in [-0.1, -0.05) is 13.8 Å². The first-order chi connectivity index (χ1) is 8.00. The van der Waals surface area contributed by atoms with Gasteiger partial charge in [-0.05, 0) is 6.08 Å². The van der Waals surface area contributed by atoms with Gasteiger partial charge in [-0.25, -0.2) is 4.79 Å². The minimum Gasteiger partial charge on any atom is -0.545 e. The topological polar surface area (TPSA) is 66.4 Å². The molecule has 0 amide bonds. The first kappa shape index (κ1) is 16.4. The van der Waals surface area contributed by atoms with Crippen LogP contribution in [0.1, 0.15) is 13.8 Å². The SMILES string of the molecule is CC(C)C(F)(F)C(F)(F)COC(=O)C=CC(=O)[O-]. The highest BCUT2D eigenvalue weighted by Crippen LogP contribution is 2.40. The number of alkyl halides is 4. The monoisotopic (exact) mass is 271 g/mol. The zero-order chi connectivity index (χ0) is 14.6. The van der Waals surface area contributed by atoms with E-state index in [1.54, 1.807) is 0 Å². The summed E-state index contributed by atoms with van der Waals surface area (Å²) in [6, 6.07) is 0. The molecule has 104 valence electrons. The molecule has 0 aromatic carbocycles. The second kappa shape index (κ2) is 5.83. The largest absolute Gasteiger partial charge is 0.545 e. The number of rotatable bonds is 6. The molecular formula is C10H11F4O4-. The zero-order valence-corrected chi connectivity index (χ0v) is 9.58. The van der Waals surface area contributed by atoms with E-state index in [1.807, 2.05) is 0 Å². The quantitative estimate of drug-likeness (QED) is 0.406. The molecule has 0 heterocycles. The maximum Gasteiger partial charge on any atom is 0.343 e. The molecule has 0 aliphatic carbocycles. The highest BCUT2D eigenvalue weighted by atomic mass is 19.3. The molecule has 0 atom stereocenters. The Morgan fingerprint density at radius 2 is 1.72 bits per heavy atom. The molecule has 0 aliphatic heterocycles. The fourth-order valence-corrected chi connectivity index (χ4v) is 0.865. The van der Waals surface area contributed by atoms with E-state index < -0.39 is 36.3 Å². The number of hydrogen-bond acceptors (Lipinski definition) is 4. The van der Waals surface area contributed by atoms with Gasteiger partial charge in [-0.3, -0.25) is 0 Å². The third-order valence-corrected chi connectivity index (χ3v) is 1.96. The van der Waals surface area contributed by atoms with Gasteiger partial charge in [-0.2, -0.15) is 17.6 Å². The predicted molar refractivity (Wildman–Crippen MR) is 49.8 cm³/mol. The van der Waals surface area contributed by atoms with Crippen molar-refractivity contribution in [3.05, 3.63) is 12.2 Å². The lowest BCUT2D eigenvalue weighted by atomic mass is 10.0. The van der Waals surface area contributed by atoms with Crippen LogP contribution < -0.4 is 5.11 Å². The molecule has 0 spiro atoms. The zero-order valence-electron chi connectivity index (χ0n) is 9.58. The lowest BCUT2D eigenvalue weighted by molar-refractivity contribution is -0.297. The lowest BCUT2D eigenvalue weighted by Gasteiger charge is -2.28. The van der Waals surface area contributed by atoms with Crippen LogP contribution in [0.3, 0.4) is 0 Å². The normalized spacial score (nSPS) is 13.1. The van der Waals surface area contributed by atoms with E-state index in [0.717, 1.165) is 13.8 Å². The molecule has 0 unspecified atom stereocenters. The van der Waals surface area contributed by atoms with Crippen LogP contribution in [-0.4, -0.2) is 30.4 Å². The molecule has 0 fully saturated rings. The molecule has 18 heavy (non-hydrogen) atoms. The number of carboxylic acid groups (broad SMARTS) is 1. The first-order valence-electron chi connectivity index (χ1n) is 4.82. The summed E-state index contributed by atoms with van der Waals surface area (Å²) >= 11 is 0. The average Bonchev–Trinajstić information content (AvgIpc) is 2.23. The van der Waals surface area contributed by atoms with E-state index in [0.29, 0.717) is 6.08 Å². The van der Waals surface area contributed by atoms with Crippen LogP contribution in [-0.2, 0) is 14.3 Å². The van der Waals surface area contributed by atoms with Crippen molar-refractivity contribution in [1.82, 2.24) is 0 Å². The molecular weight excluding hydrogens is 260 g/mol. The number of halogens is 4. The highest BCUT2D eigenvalue weighted by molar-refractivity contribution is 5.89. The molecule has 0 N–H and O–H groups in total. The maximum absolute atomic E-state index is 13.0.